The lowest BCUT2D eigenvalue weighted by Gasteiger charge is -2.04. The number of carbonyl (C=O) groups excluding carboxylic acids is 2. The van der Waals surface area contributed by atoms with Gasteiger partial charge in [-0.1, -0.05) is 98.5 Å². The molecule has 1 aromatic carbocycles. The zero-order valence-corrected chi connectivity index (χ0v) is 20.3. The van der Waals surface area contributed by atoms with E-state index in [1.54, 1.807) is 24.3 Å². The molecule has 1 aromatic rings. The van der Waals surface area contributed by atoms with Gasteiger partial charge >= 0.3 is 5.97 Å². The first-order chi connectivity index (χ1) is 14.6. The minimum absolute atomic E-state index is 0.171. The number of ether oxygens (including phenoxy) is 1. The molecule has 0 amide bonds. The average Bonchev–Trinajstić information content (AvgIpc) is 2.75. The fourth-order valence-corrected chi connectivity index (χ4v) is 3.54. The second-order valence-electron chi connectivity index (χ2n) is 7.93. The standard InChI is InChI=1S/C26H39BrO3/c1-2-3-4-5-6-7-8-9-10-11-12-13-14-15-16-17-26(29)30-22-25(28)23-18-20-24(27)21-19-23/h12-13,18-21H,2-11,14-17,22H2,1H3. The van der Waals surface area contributed by atoms with Crippen molar-refractivity contribution in [3.63, 3.8) is 0 Å². The van der Waals surface area contributed by atoms with E-state index >= 15 is 0 Å². The largest absolute Gasteiger partial charge is 0.457 e. The summed E-state index contributed by atoms with van der Waals surface area (Å²) in [4.78, 5) is 23.7. The molecule has 0 aromatic heterocycles. The second kappa shape index (κ2) is 18.4. The Bertz CT molecular complexity index is 607. The highest BCUT2D eigenvalue weighted by Gasteiger charge is 2.09. The summed E-state index contributed by atoms with van der Waals surface area (Å²) in [5.41, 5.74) is 0.558. The van der Waals surface area contributed by atoms with Crippen molar-refractivity contribution in [3.05, 3.63) is 46.5 Å². The van der Waals surface area contributed by atoms with Crippen LogP contribution in [0.3, 0.4) is 0 Å². The van der Waals surface area contributed by atoms with Crippen molar-refractivity contribution < 1.29 is 14.3 Å². The molecule has 0 unspecified atom stereocenters. The number of esters is 1. The van der Waals surface area contributed by atoms with Crippen molar-refractivity contribution in [3.8, 4) is 0 Å². The summed E-state index contributed by atoms with van der Waals surface area (Å²) >= 11 is 3.33. The molecule has 1 rings (SSSR count). The average molecular weight is 479 g/mol. The van der Waals surface area contributed by atoms with E-state index in [-0.39, 0.29) is 18.4 Å². The Morgan fingerprint density at radius 3 is 1.93 bits per heavy atom. The van der Waals surface area contributed by atoms with Crippen molar-refractivity contribution >= 4 is 27.7 Å². The van der Waals surface area contributed by atoms with E-state index in [4.69, 9.17) is 4.74 Å². The number of Topliss-reactive ketones (excluding diaryl/α,β-unsaturated/α-hetero) is 1. The summed E-state index contributed by atoms with van der Waals surface area (Å²) < 4.78 is 6.00. The van der Waals surface area contributed by atoms with Gasteiger partial charge in [-0.05, 0) is 44.2 Å². The van der Waals surface area contributed by atoms with Gasteiger partial charge in [-0.15, -0.1) is 0 Å². The summed E-state index contributed by atoms with van der Waals surface area (Å²) in [6.07, 6.45) is 21.1. The van der Waals surface area contributed by atoms with Gasteiger partial charge in [-0.25, -0.2) is 0 Å². The lowest BCUT2D eigenvalue weighted by atomic mass is 10.1. The third-order valence-electron chi connectivity index (χ3n) is 5.17. The maximum Gasteiger partial charge on any atom is 0.306 e. The van der Waals surface area contributed by atoms with Gasteiger partial charge in [0.1, 0.15) is 0 Å². The molecule has 0 saturated heterocycles. The van der Waals surface area contributed by atoms with Crippen LogP contribution in [0.5, 0.6) is 0 Å². The van der Waals surface area contributed by atoms with E-state index in [0.717, 1.165) is 30.2 Å². The van der Waals surface area contributed by atoms with Crippen molar-refractivity contribution in [1.82, 2.24) is 0 Å². The van der Waals surface area contributed by atoms with Crippen LogP contribution < -0.4 is 0 Å². The summed E-state index contributed by atoms with van der Waals surface area (Å²) in [5, 5.41) is 0. The summed E-state index contributed by atoms with van der Waals surface area (Å²) in [7, 11) is 0. The Hall–Kier alpha value is -1.42. The van der Waals surface area contributed by atoms with E-state index < -0.39 is 0 Å². The predicted octanol–water partition coefficient (Wildman–Crippen LogP) is 8.21. The molecule has 0 bridgehead atoms. The number of halogens is 1. The van der Waals surface area contributed by atoms with Gasteiger partial charge in [-0.3, -0.25) is 9.59 Å². The van der Waals surface area contributed by atoms with Crippen LogP contribution in [0.2, 0.25) is 0 Å². The zero-order valence-electron chi connectivity index (χ0n) is 18.7. The first kappa shape index (κ1) is 26.6. The smallest absolute Gasteiger partial charge is 0.306 e. The number of benzene rings is 1. The van der Waals surface area contributed by atoms with E-state index in [1.807, 2.05) is 0 Å². The molecule has 0 N–H and O–H groups in total. The van der Waals surface area contributed by atoms with Crippen LogP contribution in [-0.4, -0.2) is 18.4 Å². The SMILES string of the molecule is CCCCCCCCCCCC=CCCCCC(=O)OCC(=O)c1ccc(Br)cc1. The first-order valence-corrected chi connectivity index (χ1v) is 12.5. The number of carbonyl (C=O) groups is 2. The number of rotatable bonds is 18. The molecule has 0 atom stereocenters. The minimum Gasteiger partial charge on any atom is -0.457 e. The minimum atomic E-state index is -0.292. The number of unbranched alkanes of at least 4 members (excludes halogenated alkanes) is 11. The Labute approximate surface area is 191 Å². The molecule has 0 aliphatic heterocycles. The monoisotopic (exact) mass is 478 g/mol. The summed E-state index contributed by atoms with van der Waals surface area (Å²) in [6.45, 7) is 2.08. The predicted molar refractivity (Wildman–Crippen MR) is 129 cm³/mol. The van der Waals surface area contributed by atoms with Crippen LogP contribution in [0, 0.1) is 0 Å². The van der Waals surface area contributed by atoms with E-state index in [0.29, 0.717) is 12.0 Å². The number of allylic oxidation sites excluding steroid dienone is 2. The van der Waals surface area contributed by atoms with Crippen LogP contribution in [-0.2, 0) is 9.53 Å². The third kappa shape index (κ3) is 14.5. The Kier molecular flexibility index (Phi) is 16.3. The Morgan fingerprint density at radius 2 is 1.33 bits per heavy atom. The van der Waals surface area contributed by atoms with Gasteiger partial charge in [0.25, 0.3) is 0 Å². The van der Waals surface area contributed by atoms with Crippen molar-refractivity contribution in [2.75, 3.05) is 6.61 Å². The van der Waals surface area contributed by atoms with E-state index in [1.165, 1.54) is 57.8 Å². The molecule has 168 valence electrons. The normalized spacial score (nSPS) is 11.1. The van der Waals surface area contributed by atoms with Crippen LogP contribution in [0.4, 0.5) is 0 Å². The highest BCUT2D eigenvalue weighted by molar-refractivity contribution is 9.10. The van der Waals surface area contributed by atoms with Crippen molar-refractivity contribution in [2.24, 2.45) is 0 Å². The lowest BCUT2D eigenvalue weighted by Crippen LogP contribution is -2.13. The fourth-order valence-electron chi connectivity index (χ4n) is 3.28. The summed E-state index contributed by atoms with van der Waals surface area (Å²) in [5.74, 6) is -0.464. The quantitative estimate of drug-likeness (QED) is 0.0922. The molecular formula is C26H39BrO3. The molecule has 0 aliphatic rings. The number of ketones is 1. The second-order valence-corrected chi connectivity index (χ2v) is 8.84. The van der Waals surface area contributed by atoms with Crippen LogP contribution in [0.15, 0.2) is 40.9 Å². The maximum absolute atomic E-state index is 12.0. The molecule has 0 heterocycles. The van der Waals surface area contributed by atoms with Gasteiger partial charge in [0.05, 0.1) is 0 Å². The summed E-state index contributed by atoms with van der Waals surface area (Å²) in [6, 6.07) is 7.05. The van der Waals surface area contributed by atoms with Crippen molar-refractivity contribution in [2.45, 2.75) is 96.8 Å². The molecule has 0 radical (unpaired) electrons. The Balaban J connectivity index is 1.91. The topological polar surface area (TPSA) is 43.4 Å². The van der Waals surface area contributed by atoms with Gasteiger partial charge in [0.15, 0.2) is 12.4 Å². The van der Waals surface area contributed by atoms with Crippen LogP contribution in [0.1, 0.15) is 107 Å². The van der Waals surface area contributed by atoms with Gasteiger partial charge < -0.3 is 4.74 Å². The molecule has 0 spiro atoms. The molecule has 4 heteroatoms. The van der Waals surface area contributed by atoms with Gasteiger partial charge in [-0.2, -0.15) is 0 Å². The molecular weight excluding hydrogens is 440 g/mol. The zero-order chi connectivity index (χ0) is 21.9. The van der Waals surface area contributed by atoms with Crippen LogP contribution in [0.25, 0.3) is 0 Å². The number of hydrogen-bond acceptors (Lipinski definition) is 3. The Morgan fingerprint density at radius 1 is 0.800 bits per heavy atom. The molecule has 3 nitrogen and oxygen atoms in total. The number of hydrogen-bond donors (Lipinski definition) is 0. The molecule has 30 heavy (non-hydrogen) atoms. The highest BCUT2D eigenvalue weighted by Crippen LogP contribution is 2.12. The molecule has 0 fully saturated rings. The van der Waals surface area contributed by atoms with Gasteiger partial charge in [0.2, 0.25) is 0 Å². The highest BCUT2D eigenvalue weighted by atomic mass is 79.9. The maximum atomic E-state index is 12.0. The lowest BCUT2D eigenvalue weighted by molar-refractivity contribution is -0.142. The van der Waals surface area contributed by atoms with Gasteiger partial charge in [0, 0.05) is 16.5 Å². The third-order valence-corrected chi connectivity index (χ3v) is 5.70. The molecule has 0 aliphatic carbocycles. The fraction of sp³-hybridized carbons (Fsp3) is 0.615. The molecule has 0 saturated carbocycles. The van der Waals surface area contributed by atoms with E-state index in [9.17, 15) is 9.59 Å². The van der Waals surface area contributed by atoms with E-state index in [2.05, 4.69) is 35.0 Å². The first-order valence-electron chi connectivity index (χ1n) is 11.7. The van der Waals surface area contributed by atoms with Crippen LogP contribution >= 0.6 is 15.9 Å². The van der Waals surface area contributed by atoms with Crippen molar-refractivity contribution in [1.29, 1.82) is 0 Å².